The zero-order valence-electron chi connectivity index (χ0n) is 12.2. The zero-order chi connectivity index (χ0) is 13.1. The molecule has 0 saturated carbocycles. The molecule has 0 bridgehead atoms. The van der Waals surface area contributed by atoms with E-state index in [1.165, 1.54) is 56.2 Å². The van der Waals surface area contributed by atoms with Crippen molar-refractivity contribution < 1.29 is 0 Å². The Morgan fingerprint density at radius 2 is 1.50 bits per heavy atom. The van der Waals surface area contributed by atoms with E-state index in [9.17, 15) is 0 Å². The van der Waals surface area contributed by atoms with Crippen LogP contribution in [0, 0.1) is 0 Å². The standard InChI is InChI=1S/C17H29N/c1-3-5-6-7-8-9-12-15-18-17-14-11-10-13-16(17)4-2/h10-11,13-14,18H,3-9,12,15H2,1-2H3. The maximum absolute atomic E-state index is 3.57. The second kappa shape index (κ2) is 9.99. The smallest absolute Gasteiger partial charge is 0.0372 e. The molecule has 1 aromatic rings. The maximum atomic E-state index is 3.57. The second-order valence-electron chi connectivity index (χ2n) is 5.06. The molecule has 0 aliphatic carbocycles. The van der Waals surface area contributed by atoms with E-state index < -0.39 is 0 Å². The van der Waals surface area contributed by atoms with Crippen molar-refractivity contribution in [3.63, 3.8) is 0 Å². The van der Waals surface area contributed by atoms with Gasteiger partial charge in [0.25, 0.3) is 0 Å². The third kappa shape index (κ3) is 6.09. The summed E-state index contributed by atoms with van der Waals surface area (Å²) in [6, 6.07) is 8.65. The molecule has 0 unspecified atom stereocenters. The van der Waals surface area contributed by atoms with Crippen LogP contribution < -0.4 is 5.32 Å². The largest absolute Gasteiger partial charge is 0.385 e. The fraction of sp³-hybridized carbons (Fsp3) is 0.647. The number of hydrogen-bond donors (Lipinski definition) is 1. The Balaban J connectivity index is 2.07. The number of hydrogen-bond acceptors (Lipinski definition) is 1. The van der Waals surface area contributed by atoms with E-state index >= 15 is 0 Å². The van der Waals surface area contributed by atoms with Gasteiger partial charge in [0.1, 0.15) is 0 Å². The van der Waals surface area contributed by atoms with Crippen LogP contribution in [-0.4, -0.2) is 6.54 Å². The average Bonchev–Trinajstić information content (AvgIpc) is 2.42. The molecule has 1 aromatic carbocycles. The van der Waals surface area contributed by atoms with Gasteiger partial charge in [0.15, 0.2) is 0 Å². The Morgan fingerprint density at radius 1 is 0.833 bits per heavy atom. The van der Waals surface area contributed by atoms with Gasteiger partial charge in [-0.15, -0.1) is 0 Å². The summed E-state index contributed by atoms with van der Waals surface area (Å²) in [6.45, 7) is 5.61. The molecule has 1 N–H and O–H groups in total. The van der Waals surface area contributed by atoms with Crippen molar-refractivity contribution in [2.75, 3.05) is 11.9 Å². The summed E-state index contributed by atoms with van der Waals surface area (Å²) in [6.07, 6.45) is 10.8. The molecule has 1 nitrogen and oxygen atoms in total. The SMILES string of the molecule is CCCCCCCCCNc1ccccc1CC. The molecule has 0 atom stereocenters. The molecule has 0 amide bonds. The molecule has 102 valence electrons. The van der Waals surface area contributed by atoms with E-state index in [1.807, 2.05) is 0 Å². The lowest BCUT2D eigenvalue weighted by atomic mass is 10.1. The van der Waals surface area contributed by atoms with Gasteiger partial charge >= 0.3 is 0 Å². The van der Waals surface area contributed by atoms with Gasteiger partial charge in [-0.1, -0.05) is 70.6 Å². The van der Waals surface area contributed by atoms with Crippen molar-refractivity contribution in [1.29, 1.82) is 0 Å². The molecule has 1 rings (SSSR count). The van der Waals surface area contributed by atoms with E-state index in [4.69, 9.17) is 0 Å². The first-order chi connectivity index (χ1) is 8.88. The number of unbranched alkanes of at least 4 members (excludes halogenated alkanes) is 6. The molecule has 0 heterocycles. The average molecular weight is 247 g/mol. The summed E-state index contributed by atoms with van der Waals surface area (Å²) >= 11 is 0. The van der Waals surface area contributed by atoms with Crippen molar-refractivity contribution >= 4 is 5.69 Å². The Hall–Kier alpha value is -0.980. The van der Waals surface area contributed by atoms with E-state index in [0.717, 1.165) is 13.0 Å². The Morgan fingerprint density at radius 3 is 2.22 bits per heavy atom. The highest BCUT2D eigenvalue weighted by Gasteiger charge is 1.98. The van der Waals surface area contributed by atoms with Crippen molar-refractivity contribution in [2.24, 2.45) is 0 Å². The van der Waals surface area contributed by atoms with Crippen LogP contribution in [0.15, 0.2) is 24.3 Å². The molecular formula is C17H29N. The van der Waals surface area contributed by atoms with Gasteiger partial charge in [-0.2, -0.15) is 0 Å². The maximum Gasteiger partial charge on any atom is 0.0372 e. The van der Waals surface area contributed by atoms with Crippen LogP contribution >= 0.6 is 0 Å². The van der Waals surface area contributed by atoms with E-state index in [-0.39, 0.29) is 0 Å². The third-order valence-corrected chi connectivity index (χ3v) is 3.49. The van der Waals surface area contributed by atoms with Crippen LogP contribution in [0.3, 0.4) is 0 Å². The molecule has 18 heavy (non-hydrogen) atoms. The van der Waals surface area contributed by atoms with Gasteiger partial charge < -0.3 is 5.32 Å². The fourth-order valence-electron chi connectivity index (χ4n) is 2.31. The van der Waals surface area contributed by atoms with Crippen LogP contribution in [-0.2, 0) is 6.42 Å². The lowest BCUT2D eigenvalue weighted by Crippen LogP contribution is -2.03. The van der Waals surface area contributed by atoms with Crippen LogP contribution in [0.2, 0.25) is 0 Å². The normalized spacial score (nSPS) is 10.6. The molecule has 0 radical (unpaired) electrons. The van der Waals surface area contributed by atoms with Crippen LogP contribution in [0.4, 0.5) is 5.69 Å². The predicted octanol–water partition coefficient (Wildman–Crippen LogP) is 5.41. The minimum absolute atomic E-state index is 1.11. The minimum Gasteiger partial charge on any atom is -0.385 e. The zero-order valence-corrected chi connectivity index (χ0v) is 12.2. The van der Waals surface area contributed by atoms with Gasteiger partial charge in [-0.3, -0.25) is 0 Å². The second-order valence-corrected chi connectivity index (χ2v) is 5.06. The van der Waals surface area contributed by atoms with Gasteiger partial charge in [0.2, 0.25) is 0 Å². The summed E-state index contributed by atoms with van der Waals surface area (Å²) in [5, 5.41) is 3.57. The van der Waals surface area contributed by atoms with Crippen molar-refractivity contribution in [3.8, 4) is 0 Å². The molecule has 0 fully saturated rings. The Bertz CT molecular complexity index is 306. The van der Waals surface area contributed by atoms with Crippen LogP contribution in [0.1, 0.15) is 64.4 Å². The van der Waals surface area contributed by atoms with Crippen molar-refractivity contribution in [1.82, 2.24) is 0 Å². The number of rotatable bonds is 10. The first-order valence-electron chi connectivity index (χ1n) is 7.70. The van der Waals surface area contributed by atoms with Gasteiger partial charge in [-0.05, 0) is 24.5 Å². The lowest BCUT2D eigenvalue weighted by Gasteiger charge is -2.10. The Kier molecular flexibility index (Phi) is 8.37. The summed E-state index contributed by atoms with van der Waals surface area (Å²) in [5.41, 5.74) is 2.76. The summed E-state index contributed by atoms with van der Waals surface area (Å²) in [4.78, 5) is 0. The van der Waals surface area contributed by atoms with Crippen molar-refractivity contribution in [2.45, 2.75) is 65.2 Å². The Labute approximate surface area is 113 Å². The molecule has 0 saturated heterocycles. The first kappa shape index (κ1) is 15.1. The fourth-order valence-corrected chi connectivity index (χ4v) is 2.31. The highest BCUT2D eigenvalue weighted by atomic mass is 14.9. The van der Waals surface area contributed by atoms with Crippen LogP contribution in [0.5, 0.6) is 0 Å². The van der Waals surface area contributed by atoms with E-state index in [1.54, 1.807) is 0 Å². The van der Waals surface area contributed by atoms with E-state index in [2.05, 4.69) is 43.4 Å². The van der Waals surface area contributed by atoms with Gasteiger partial charge in [0, 0.05) is 12.2 Å². The summed E-state index contributed by atoms with van der Waals surface area (Å²) < 4.78 is 0. The van der Waals surface area contributed by atoms with Gasteiger partial charge in [0.05, 0.1) is 0 Å². The molecule has 0 aliphatic heterocycles. The highest BCUT2D eigenvalue weighted by Crippen LogP contribution is 2.15. The number of nitrogens with one attached hydrogen (secondary N) is 1. The lowest BCUT2D eigenvalue weighted by molar-refractivity contribution is 0.596. The molecule has 1 heteroatoms. The topological polar surface area (TPSA) is 12.0 Å². The molecule has 0 aromatic heterocycles. The first-order valence-corrected chi connectivity index (χ1v) is 7.70. The highest BCUT2D eigenvalue weighted by molar-refractivity contribution is 5.50. The van der Waals surface area contributed by atoms with E-state index in [0.29, 0.717) is 0 Å². The van der Waals surface area contributed by atoms with Gasteiger partial charge in [-0.25, -0.2) is 0 Å². The quantitative estimate of drug-likeness (QED) is 0.545. The summed E-state index contributed by atoms with van der Waals surface area (Å²) in [5.74, 6) is 0. The van der Waals surface area contributed by atoms with Crippen LogP contribution in [0.25, 0.3) is 0 Å². The van der Waals surface area contributed by atoms with Crippen molar-refractivity contribution in [3.05, 3.63) is 29.8 Å². The number of anilines is 1. The monoisotopic (exact) mass is 247 g/mol. The number of para-hydroxylation sites is 1. The molecule has 0 spiro atoms. The molecular weight excluding hydrogens is 218 g/mol. The minimum atomic E-state index is 1.11. The third-order valence-electron chi connectivity index (χ3n) is 3.49. The summed E-state index contributed by atoms with van der Waals surface area (Å²) in [7, 11) is 0. The molecule has 0 aliphatic rings. The predicted molar refractivity (Wildman–Crippen MR) is 82.3 cm³/mol. The number of benzene rings is 1. The number of aryl methyl sites for hydroxylation is 1.